The van der Waals surface area contributed by atoms with Gasteiger partial charge in [0, 0.05) is 72.5 Å². The number of rotatable bonds is 21. The fraction of sp³-hybridized carbons (Fsp3) is 0.491. The van der Waals surface area contributed by atoms with Crippen molar-refractivity contribution in [2.24, 2.45) is 17.8 Å². The summed E-state index contributed by atoms with van der Waals surface area (Å²) in [6.07, 6.45) is 0.0142. The van der Waals surface area contributed by atoms with Crippen LogP contribution < -0.4 is 58.5 Å². The molecule has 3 heterocycles. The SMILES string of the molecule is CC[C@H](C)[C@@H]1NC(=O)CNC(=O)C(NC(=O)[C@@H](NC)[C@@H](C)C(O)CO)Cc2c([nH]c3cc(NC(=O)OCc4ccc(NC(=O)C(C)NC(=O)C(NC(=O)CCN5C(=O)C=CC5=O)C(C)C)cc4)ccc23)SC[C@@H](C(=O)NC)NC(=O)CNC1=O. The lowest BCUT2D eigenvalue weighted by molar-refractivity contribution is -0.138. The van der Waals surface area contributed by atoms with E-state index >= 15 is 0 Å². The molecule has 0 fully saturated rings. The van der Waals surface area contributed by atoms with Crippen molar-refractivity contribution in [1.29, 1.82) is 0 Å². The van der Waals surface area contributed by atoms with Gasteiger partial charge in [-0.1, -0.05) is 59.2 Å². The van der Waals surface area contributed by atoms with E-state index in [-0.39, 0.29) is 43.4 Å². The van der Waals surface area contributed by atoms with E-state index in [1.807, 2.05) is 0 Å². The third-order valence-electron chi connectivity index (χ3n) is 14.1. The Bertz CT molecular complexity index is 2950. The van der Waals surface area contributed by atoms with Crippen molar-refractivity contribution in [3.8, 4) is 0 Å². The van der Waals surface area contributed by atoms with Gasteiger partial charge in [0.2, 0.25) is 53.2 Å². The molecule has 0 radical (unpaired) electrons. The average Bonchev–Trinajstić information content (AvgIpc) is 4.00. The molecule has 0 spiro atoms. The van der Waals surface area contributed by atoms with Crippen molar-refractivity contribution in [2.75, 3.05) is 56.7 Å². The molecule has 2 aromatic carbocycles. The molecule has 2 aliphatic rings. The zero-order chi connectivity index (χ0) is 61.9. The van der Waals surface area contributed by atoms with Crippen LogP contribution in [0.5, 0.6) is 0 Å². The van der Waals surface area contributed by atoms with Crippen molar-refractivity contribution in [3.05, 3.63) is 65.7 Å². The summed E-state index contributed by atoms with van der Waals surface area (Å²) >= 11 is 1.08. The lowest BCUT2D eigenvalue weighted by atomic mass is 9.94. The minimum absolute atomic E-state index is 0.0906. The molecule has 456 valence electrons. The minimum atomic E-state index is -1.42. The summed E-state index contributed by atoms with van der Waals surface area (Å²) < 4.78 is 5.50. The second-order valence-corrected chi connectivity index (χ2v) is 21.6. The van der Waals surface area contributed by atoms with Gasteiger partial charge in [-0.25, -0.2) is 4.79 Å². The first-order chi connectivity index (χ1) is 39.9. The Morgan fingerprint density at radius 3 is 2.05 bits per heavy atom. The maximum Gasteiger partial charge on any atom is 0.411 e. The van der Waals surface area contributed by atoms with E-state index in [4.69, 9.17) is 4.74 Å². The molecule has 9 atom stereocenters. The van der Waals surface area contributed by atoms with Crippen LogP contribution in [-0.4, -0.2) is 180 Å². The number of imide groups is 1. The first kappa shape index (κ1) is 66.4. The molecule has 4 unspecified atom stereocenters. The number of ether oxygens (including phenoxy) is 1. The Balaban J connectivity index is 1.31. The van der Waals surface area contributed by atoms with E-state index < -0.39 is 145 Å². The number of carbonyl (C=O) groups excluding carboxylic acids is 12. The van der Waals surface area contributed by atoms with Gasteiger partial charge in [0.25, 0.3) is 11.8 Å². The normalized spacial score (nSPS) is 19.3. The van der Waals surface area contributed by atoms with Gasteiger partial charge in [-0.2, -0.15) is 0 Å². The summed E-state index contributed by atoms with van der Waals surface area (Å²) in [7, 11) is 2.84. The Kier molecular flexibility index (Phi) is 24.7. The summed E-state index contributed by atoms with van der Waals surface area (Å²) in [4.78, 5) is 161. The van der Waals surface area contributed by atoms with Crippen LogP contribution >= 0.6 is 11.8 Å². The highest BCUT2D eigenvalue weighted by Gasteiger charge is 2.35. The predicted octanol–water partition coefficient (Wildman–Crippen LogP) is -1.48. The maximum atomic E-state index is 14.2. The highest BCUT2D eigenvalue weighted by atomic mass is 32.2. The summed E-state index contributed by atoms with van der Waals surface area (Å²) in [5.41, 5.74) is 1.99. The third-order valence-corrected chi connectivity index (χ3v) is 15.2. The highest BCUT2D eigenvalue weighted by Crippen LogP contribution is 2.33. The quantitative estimate of drug-likeness (QED) is 0.0541. The largest absolute Gasteiger partial charge is 0.444 e. The van der Waals surface area contributed by atoms with Crippen LogP contribution in [-0.2, 0) is 70.5 Å². The fourth-order valence-corrected chi connectivity index (χ4v) is 9.96. The molecule has 12 amide bonds. The fourth-order valence-electron chi connectivity index (χ4n) is 8.85. The highest BCUT2D eigenvalue weighted by molar-refractivity contribution is 7.99. The van der Waals surface area contributed by atoms with Crippen LogP contribution in [0.15, 0.2) is 59.6 Å². The molecule has 0 bridgehead atoms. The number of fused-ring (bicyclic) bond motifs is 3. The number of amides is 12. The number of aliphatic hydroxyl groups is 2. The molecule has 1 aromatic heterocycles. The van der Waals surface area contributed by atoms with Gasteiger partial charge in [0.1, 0.15) is 36.8 Å². The molecule has 5 rings (SSSR count). The van der Waals surface area contributed by atoms with E-state index in [0.717, 1.165) is 28.8 Å². The number of anilines is 2. The maximum absolute atomic E-state index is 14.2. The van der Waals surface area contributed by atoms with Gasteiger partial charge >= 0.3 is 6.09 Å². The van der Waals surface area contributed by atoms with Crippen molar-refractivity contribution >= 4 is 105 Å². The average molecular weight is 1190 g/mol. The number of aromatic amines is 1. The number of hydrogen-bond acceptors (Lipinski definition) is 17. The Labute approximate surface area is 488 Å². The molecule has 84 heavy (non-hydrogen) atoms. The first-order valence-electron chi connectivity index (χ1n) is 27.2. The number of likely N-dealkylation sites (N-methyl/N-ethyl adjacent to an activating group) is 2. The minimum Gasteiger partial charge on any atom is -0.444 e. The number of aliphatic hydroxyl groups excluding tert-OH is 2. The van der Waals surface area contributed by atoms with Gasteiger partial charge < -0.3 is 73.1 Å². The second kappa shape index (κ2) is 31.3. The smallest absolute Gasteiger partial charge is 0.411 e. The van der Waals surface area contributed by atoms with Crippen molar-refractivity contribution in [1.82, 2.24) is 57.7 Å². The molecule has 2 aliphatic heterocycles. The Hall–Kier alpha value is -8.41. The van der Waals surface area contributed by atoms with Gasteiger partial charge in [-0.05, 0) is 61.2 Å². The van der Waals surface area contributed by atoms with Crippen LogP contribution in [0.25, 0.3) is 10.9 Å². The summed E-state index contributed by atoms with van der Waals surface area (Å²) in [6, 6.07) is 4.19. The van der Waals surface area contributed by atoms with E-state index in [0.29, 0.717) is 39.2 Å². The number of aromatic nitrogens is 1. The number of nitrogens with zero attached hydrogens (tertiary/aromatic N) is 1. The molecule has 3 aromatic rings. The van der Waals surface area contributed by atoms with E-state index in [1.54, 1.807) is 70.2 Å². The lowest BCUT2D eigenvalue weighted by Crippen LogP contribution is -2.58. The van der Waals surface area contributed by atoms with Gasteiger partial charge in [-0.15, -0.1) is 11.8 Å². The summed E-state index contributed by atoms with van der Waals surface area (Å²) in [5, 5.41) is 49.9. The molecular weight excluding hydrogens is 1110 g/mol. The molecule has 0 aliphatic carbocycles. The van der Waals surface area contributed by atoms with E-state index in [9.17, 15) is 67.7 Å². The third kappa shape index (κ3) is 18.5. The molecule has 0 saturated heterocycles. The molecule has 29 heteroatoms. The topological polar surface area (TPSA) is 406 Å². The molecule has 28 nitrogen and oxygen atoms in total. The Morgan fingerprint density at radius 1 is 0.786 bits per heavy atom. The number of H-pyrrole nitrogens is 1. The van der Waals surface area contributed by atoms with E-state index in [1.165, 1.54) is 27.9 Å². The summed E-state index contributed by atoms with van der Waals surface area (Å²) in [5.74, 6) is -8.83. The number of carbonyl (C=O) groups is 12. The van der Waals surface area contributed by atoms with E-state index in [2.05, 4.69) is 63.5 Å². The number of thioether (sulfide) groups is 1. The van der Waals surface area contributed by atoms with Crippen LogP contribution in [0, 0.1) is 17.8 Å². The molecule has 0 saturated carbocycles. The lowest BCUT2D eigenvalue weighted by Gasteiger charge is -2.28. The second-order valence-electron chi connectivity index (χ2n) is 20.6. The van der Waals surface area contributed by atoms with Gasteiger partial charge in [-0.3, -0.25) is 63.0 Å². The zero-order valence-corrected chi connectivity index (χ0v) is 48.7. The molecule has 14 N–H and O–H groups in total. The molecular formula is C55H75N13O15S. The van der Waals surface area contributed by atoms with Gasteiger partial charge in [0.05, 0.1) is 36.9 Å². The Morgan fingerprint density at radius 2 is 1.43 bits per heavy atom. The summed E-state index contributed by atoms with van der Waals surface area (Å²) in [6.45, 7) is 7.72. The number of nitrogens with one attached hydrogen (secondary N) is 12. The van der Waals surface area contributed by atoms with Crippen molar-refractivity contribution in [2.45, 2.75) is 115 Å². The zero-order valence-electron chi connectivity index (χ0n) is 47.9. The van der Waals surface area contributed by atoms with Crippen LogP contribution in [0.3, 0.4) is 0 Å². The van der Waals surface area contributed by atoms with Crippen LogP contribution in [0.4, 0.5) is 16.2 Å². The van der Waals surface area contributed by atoms with Crippen LogP contribution in [0.2, 0.25) is 0 Å². The van der Waals surface area contributed by atoms with Crippen molar-refractivity contribution in [3.63, 3.8) is 0 Å². The van der Waals surface area contributed by atoms with Gasteiger partial charge in [0.15, 0.2) is 0 Å². The number of hydrogen-bond donors (Lipinski definition) is 14. The number of benzene rings is 2. The predicted molar refractivity (Wildman–Crippen MR) is 307 cm³/mol. The van der Waals surface area contributed by atoms with Crippen LogP contribution in [0.1, 0.15) is 65.5 Å². The monoisotopic (exact) mass is 1190 g/mol. The first-order valence-corrected chi connectivity index (χ1v) is 28.2. The van der Waals surface area contributed by atoms with Crippen molar-refractivity contribution < 1.29 is 72.5 Å². The standard InChI is InChI=1S/C55H75N13O15S/c1-9-28(4)46-51(79)59-22-41(72)63-38(49(77)57-8)26-84-54-35(21-37(50(78)58-23-42(73)67-46)64-53(81)47(56-7)29(5)39(70)24-69)34-15-14-33(20-36(34)65-54)62-55(82)83-25-31-10-12-32(13-11-31)61-48(76)30(6)60-52(80)45(27(2)3)66-40(71)18-19-68-43(74)16-17-44(68)75/h10-17,20,27-30,37-39,45-47,56,65,69-70H,9,18-19,21-26H2,1-8H3,(H,57,77)(H,58,78)(H,59,79)(H,60,80)(H,61,76)(H,62,82)(H,63,72)(H,64,81)(H,66,71)(H,67,73)/t28-,29-,30?,37?,38-,39?,45?,46-,47-/m0/s1.